The molecule has 0 unspecified atom stereocenters. The van der Waals surface area contributed by atoms with Gasteiger partial charge in [-0.05, 0) is 86.6 Å². The predicted octanol–water partition coefficient (Wildman–Crippen LogP) is 6.16. The summed E-state index contributed by atoms with van der Waals surface area (Å²) in [6, 6.07) is 0. The van der Waals surface area contributed by atoms with E-state index < -0.39 is 5.97 Å². The van der Waals surface area contributed by atoms with Crippen LogP contribution in [0.25, 0.3) is 0 Å². The first-order chi connectivity index (χ1) is 20.7. The smallest absolute Gasteiger partial charge is 0.330 e. The van der Waals surface area contributed by atoms with Gasteiger partial charge in [0.1, 0.15) is 5.76 Å². The van der Waals surface area contributed by atoms with Gasteiger partial charge >= 0.3 is 5.97 Å². The van der Waals surface area contributed by atoms with Crippen molar-refractivity contribution in [1.82, 2.24) is 5.32 Å². The molecule has 5 aliphatic heterocycles. The topological polar surface area (TPSA) is 116 Å². The average Bonchev–Trinajstić information content (AvgIpc) is 3.73. The van der Waals surface area contributed by atoms with Gasteiger partial charge in [0, 0.05) is 59.1 Å². The minimum Gasteiger partial charge on any atom is -0.511 e. The molecule has 0 radical (unpaired) electrons. The third kappa shape index (κ3) is 4.74. The molecule has 8 nitrogen and oxygen atoms in total. The van der Waals surface area contributed by atoms with Crippen molar-refractivity contribution in [3.8, 4) is 0 Å². The molecule has 8 bridgehead atoms. The summed E-state index contributed by atoms with van der Waals surface area (Å²) in [5, 5.41) is 24.6. The molecular formula is C35H38N4O4. The first-order valence-electron chi connectivity index (χ1n) is 15.0. The van der Waals surface area contributed by atoms with Gasteiger partial charge in [-0.25, -0.2) is 19.8 Å². The van der Waals surface area contributed by atoms with Crippen molar-refractivity contribution in [2.75, 3.05) is 13.7 Å². The van der Waals surface area contributed by atoms with E-state index >= 15 is 0 Å². The molecule has 8 heteroatoms. The lowest BCUT2D eigenvalue weighted by Gasteiger charge is -2.17. The molecule has 6 aliphatic rings. The number of aliphatic imine (C=N–C) groups is 3. The van der Waals surface area contributed by atoms with Crippen molar-refractivity contribution in [3.05, 3.63) is 104 Å². The number of ether oxygens (including phenoxy) is 1. The van der Waals surface area contributed by atoms with E-state index in [0.717, 1.165) is 97.5 Å². The Morgan fingerprint density at radius 1 is 1.07 bits per heavy atom. The number of carbonyl (C=O) groups excluding carboxylic acids is 1. The van der Waals surface area contributed by atoms with Crippen LogP contribution in [0.2, 0.25) is 0 Å². The van der Waals surface area contributed by atoms with Gasteiger partial charge in [-0.15, -0.1) is 0 Å². The van der Waals surface area contributed by atoms with Crippen LogP contribution in [-0.2, 0) is 9.53 Å². The summed E-state index contributed by atoms with van der Waals surface area (Å²) in [4.78, 5) is 27.2. The fraction of sp³-hybridized carbons (Fsp3) is 0.371. The quantitative estimate of drug-likeness (QED) is 0.258. The number of nitrogens with one attached hydrogen (secondary N) is 1. The number of hydrogen-bond acceptors (Lipinski definition) is 8. The molecule has 222 valence electrons. The van der Waals surface area contributed by atoms with Crippen LogP contribution in [-0.4, -0.2) is 47.0 Å². The maximum absolute atomic E-state index is 12.0. The van der Waals surface area contributed by atoms with Crippen molar-refractivity contribution in [2.24, 2.45) is 26.8 Å². The summed E-state index contributed by atoms with van der Waals surface area (Å²) in [6.07, 6.45) is 12.0. The van der Waals surface area contributed by atoms with Gasteiger partial charge in [0.2, 0.25) is 0 Å². The minimum atomic E-state index is -0.431. The third-order valence-corrected chi connectivity index (χ3v) is 9.36. The standard InChI is InChI=1S/C35H38N4O4/c1-7-21-17(2)26-15-30-22(10-11-32(42)43-6)18(3)25(37-30)14-27-19(4)23(9-8-12-40)34(38-27)24-13-31(41)33-20(5)28(39-35(24)33)16-29(21)36-26/h10-11,14-16,19,23,38,40-41H,7-9,12-13H2,1-6H3/b11-10+,27-14?,29-16?,30-15?,34-24?/t19-,23-/m0/s1. The summed E-state index contributed by atoms with van der Waals surface area (Å²) < 4.78 is 4.86. The molecule has 0 spiro atoms. The van der Waals surface area contributed by atoms with E-state index in [9.17, 15) is 15.0 Å². The lowest BCUT2D eigenvalue weighted by atomic mass is 9.86. The van der Waals surface area contributed by atoms with Crippen molar-refractivity contribution in [2.45, 2.75) is 60.3 Å². The van der Waals surface area contributed by atoms with Crippen LogP contribution in [0.15, 0.2) is 119 Å². The van der Waals surface area contributed by atoms with Gasteiger partial charge in [0.05, 0.1) is 41.3 Å². The molecule has 1 saturated heterocycles. The molecule has 43 heavy (non-hydrogen) atoms. The lowest BCUT2D eigenvalue weighted by molar-refractivity contribution is -0.134. The zero-order chi connectivity index (χ0) is 30.6. The summed E-state index contributed by atoms with van der Waals surface area (Å²) in [5.41, 5.74) is 13.7. The monoisotopic (exact) mass is 578 g/mol. The largest absolute Gasteiger partial charge is 0.511 e. The highest BCUT2D eigenvalue weighted by molar-refractivity contribution is 6.21. The summed E-state index contributed by atoms with van der Waals surface area (Å²) in [5.74, 6) is 0.163. The second kappa shape index (κ2) is 11.1. The van der Waals surface area contributed by atoms with Gasteiger partial charge in [-0.1, -0.05) is 13.8 Å². The average molecular weight is 579 g/mol. The van der Waals surface area contributed by atoms with E-state index in [1.165, 1.54) is 13.2 Å². The van der Waals surface area contributed by atoms with Gasteiger partial charge in [-0.3, -0.25) is 0 Å². The Morgan fingerprint density at radius 2 is 1.81 bits per heavy atom. The predicted molar refractivity (Wildman–Crippen MR) is 170 cm³/mol. The van der Waals surface area contributed by atoms with E-state index in [2.05, 4.69) is 32.2 Å². The number of carbonyl (C=O) groups is 1. The zero-order valence-corrected chi connectivity index (χ0v) is 25.6. The highest BCUT2D eigenvalue weighted by Gasteiger charge is 2.41. The maximum Gasteiger partial charge on any atom is 0.330 e. The number of aliphatic hydroxyl groups excluding tert-OH is 2. The first kappa shape index (κ1) is 28.8. The van der Waals surface area contributed by atoms with Gasteiger partial charge in [0.15, 0.2) is 0 Å². The molecule has 3 N–H and O–H groups in total. The van der Waals surface area contributed by atoms with Crippen molar-refractivity contribution in [3.63, 3.8) is 0 Å². The minimum absolute atomic E-state index is 0.118. The van der Waals surface area contributed by atoms with Crippen LogP contribution < -0.4 is 5.32 Å². The number of rotatable bonds is 6. The molecular weight excluding hydrogens is 540 g/mol. The Bertz CT molecular complexity index is 1730. The molecule has 6 rings (SSSR count). The van der Waals surface area contributed by atoms with Gasteiger partial charge in [0.25, 0.3) is 0 Å². The number of methoxy groups -OCH3 is 1. The highest BCUT2D eigenvalue weighted by atomic mass is 16.5. The van der Waals surface area contributed by atoms with Crippen LogP contribution in [0, 0.1) is 11.8 Å². The highest BCUT2D eigenvalue weighted by Crippen LogP contribution is 2.46. The Labute approximate surface area is 252 Å². The number of hydrogen-bond donors (Lipinski definition) is 3. The fourth-order valence-electron chi connectivity index (χ4n) is 6.87. The molecule has 0 saturated carbocycles. The zero-order valence-electron chi connectivity index (χ0n) is 25.6. The second-order valence-corrected chi connectivity index (χ2v) is 11.8. The SMILES string of the molecule is CCC1=C(C)C2=NC1=CC1=C(C)C3=C(O)CC(=C4NC(=CC5=NC(=C2)C(/C=C/C(=O)OC)=C5C)[C@@H](C)[C@@H]4CCCO)C3=N1. The summed E-state index contributed by atoms with van der Waals surface area (Å²) >= 11 is 0. The Hall–Kier alpha value is -4.30. The van der Waals surface area contributed by atoms with E-state index in [4.69, 9.17) is 19.7 Å². The number of nitrogens with zero attached hydrogens (tertiary/aromatic N) is 3. The van der Waals surface area contributed by atoms with E-state index in [1.807, 2.05) is 26.0 Å². The summed E-state index contributed by atoms with van der Waals surface area (Å²) in [6.45, 7) is 10.5. The number of aliphatic hydroxyl groups is 2. The number of fused-ring (bicyclic) bond motifs is 5. The Kier molecular flexibility index (Phi) is 7.42. The molecule has 0 amide bonds. The summed E-state index contributed by atoms with van der Waals surface area (Å²) in [7, 11) is 1.36. The molecule has 0 aromatic rings. The van der Waals surface area contributed by atoms with Crippen LogP contribution in [0.1, 0.15) is 60.3 Å². The molecule has 5 heterocycles. The third-order valence-electron chi connectivity index (χ3n) is 9.36. The van der Waals surface area contributed by atoms with Crippen LogP contribution in [0.4, 0.5) is 0 Å². The first-order valence-corrected chi connectivity index (χ1v) is 15.0. The van der Waals surface area contributed by atoms with Crippen molar-refractivity contribution < 1.29 is 19.7 Å². The van der Waals surface area contributed by atoms with Gasteiger partial charge < -0.3 is 20.3 Å². The number of esters is 1. The lowest BCUT2D eigenvalue weighted by Crippen LogP contribution is -2.15. The van der Waals surface area contributed by atoms with Gasteiger partial charge in [-0.2, -0.15) is 0 Å². The Balaban J connectivity index is 1.60. The maximum atomic E-state index is 12.0. The van der Waals surface area contributed by atoms with E-state index in [0.29, 0.717) is 18.6 Å². The van der Waals surface area contributed by atoms with E-state index in [-0.39, 0.29) is 18.4 Å². The molecule has 0 aromatic heterocycles. The van der Waals surface area contributed by atoms with Crippen molar-refractivity contribution in [1.29, 1.82) is 0 Å². The molecule has 1 fully saturated rings. The Morgan fingerprint density at radius 3 is 2.53 bits per heavy atom. The van der Waals surface area contributed by atoms with E-state index in [1.54, 1.807) is 6.08 Å². The van der Waals surface area contributed by atoms with Crippen molar-refractivity contribution >= 4 is 23.1 Å². The molecule has 2 atom stereocenters. The van der Waals surface area contributed by atoms with Crippen LogP contribution in [0.3, 0.4) is 0 Å². The normalized spacial score (nSPS) is 24.6. The number of allylic oxidation sites excluding steroid dienone is 12. The molecule has 0 aromatic carbocycles. The molecule has 1 aliphatic carbocycles. The van der Waals surface area contributed by atoms with Crippen LogP contribution >= 0.6 is 0 Å². The second-order valence-electron chi connectivity index (χ2n) is 11.8. The fourth-order valence-corrected chi connectivity index (χ4v) is 6.87. The van der Waals surface area contributed by atoms with Crippen LogP contribution in [0.5, 0.6) is 0 Å².